The number of fused-ring (bicyclic) bond motifs is 1. The molecule has 132 valence electrons. The third-order valence-corrected chi connectivity index (χ3v) is 5.32. The van der Waals surface area contributed by atoms with Crippen molar-refractivity contribution in [2.45, 2.75) is 26.9 Å². The van der Waals surface area contributed by atoms with Crippen LogP contribution in [0.15, 0.2) is 58.5 Å². The summed E-state index contributed by atoms with van der Waals surface area (Å²) in [4.78, 5) is 19.5. The smallest absolute Gasteiger partial charge is 0.271 e. The van der Waals surface area contributed by atoms with Gasteiger partial charge in [0.25, 0.3) is 5.91 Å². The third-order valence-electron chi connectivity index (χ3n) is 4.46. The number of nitrogens with zero attached hydrogens (tertiary/aromatic N) is 1. The van der Waals surface area contributed by atoms with Gasteiger partial charge in [0.1, 0.15) is 11.5 Å². The zero-order valence-corrected chi connectivity index (χ0v) is 15.6. The zero-order valence-electron chi connectivity index (χ0n) is 14.8. The van der Waals surface area contributed by atoms with Gasteiger partial charge in [0.05, 0.1) is 19.4 Å². The van der Waals surface area contributed by atoms with Crippen LogP contribution in [-0.4, -0.2) is 15.8 Å². The number of hydrogen-bond donors (Lipinski definition) is 1. The molecule has 1 N–H and O–H groups in total. The second-order valence-corrected chi connectivity index (χ2v) is 7.58. The van der Waals surface area contributed by atoms with E-state index in [2.05, 4.69) is 31.0 Å². The van der Waals surface area contributed by atoms with Gasteiger partial charge in [0.2, 0.25) is 0 Å². The molecule has 4 rings (SSSR count). The highest BCUT2D eigenvalue weighted by atomic mass is 32.1. The van der Waals surface area contributed by atoms with Gasteiger partial charge in [-0.3, -0.25) is 4.79 Å². The number of thiophene rings is 1. The van der Waals surface area contributed by atoms with Crippen LogP contribution in [0.3, 0.4) is 0 Å². The second-order valence-electron chi connectivity index (χ2n) is 6.55. The molecule has 0 aliphatic rings. The Bertz CT molecular complexity index is 994. The first-order chi connectivity index (χ1) is 12.6. The van der Waals surface area contributed by atoms with E-state index < -0.39 is 0 Å². The van der Waals surface area contributed by atoms with Gasteiger partial charge in [-0.1, -0.05) is 12.1 Å². The van der Waals surface area contributed by atoms with E-state index in [0.717, 1.165) is 21.5 Å². The topological polar surface area (TPSA) is 49.2 Å². The molecule has 0 aliphatic carbocycles. The lowest BCUT2D eigenvalue weighted by Gasteiger charge is -2.20. The predicted molar refractivity (Wildman–Crippen MR) is 104 cm³/mol. The zero-order chi connectivity index (χ0) is 18.1. The summed E-state index contributed by atoms with van der Waals surface area (Å²) in [5.41, 5.74) is 3.96. The highest BCUT2D eigenvalue weighted by Gasteiger charge is 2.20. The lowest BCUT2D eigenvalue weighted by molar-refractivity contribution is 0.0714. The molecular weight excluding hydrogens is 344 g/mol. The van der Waals surface area contributed by atoms with Gasteiger partial charge in [-0.2, -0.15) is 0 Å². The number of H-pyrrole nitrogens is 1. The van der Waals surface area contributed by atoms with Crippen LogP contribution in [0.25, 0.3) is 10.9 Å². The van der Waals surface area contributed by atoms with Crippen molar-refractivity contribution in [3.05, 3.63) is 81.6 Å². The molecule has 0 fully saturated rings. The fourth-order valence-corrected chi connectivity index (χ4v) is 3.99. The Labute approximate surface area is 156 Å². The van der Waals surface area contributed by atoms with Gasteiger partial charge >= 0.3 is 0 Å². The first-order valence-electron chi connectivity index (χ1n) is 8.54. The van der Waals surface area contributed by atoms with E-state index in [1.54, 1.807) is 17.6 Å². The molecular formula is C21H20N2O2S. The van der Waals surface area contributed by atoms with Crippen LogP contribution >= 0.6 is 11.3 Å². The fourth-order valence-electron chi connectivity index (χ4n) is 3.27. The summed E-state index contributed by atoms with van der Waals surface area (Å²) in [6, 6.07) is 14.0. The number of nitrogens with one attached hydrogen (secondary N) is 1. The maximum absolute atomic E-state index is 13.2. The molecule has 4 nitrogen and oxygen atoms in total. The molecule has 1 aromatic carbocycles. The maximum Gasteiger partial charge on any atom is 0.271 e. The predicted octanol–water partition coefficient (Wildman–Crippen LogP) is 5.28. The molecule has 0 unspecified atom stereocenters. The van der Waals surface area contributed by atoms with Gasteiger partial charge in [-0.15, -0.1) is 11.3 Å². The Balaban J connectivity index is 1.68. The summed E-state index contributed by atoms with van der Waals surface area (Å²) >= 11 is 1.65. The first-order valence-corrected chi connectivity index (χ1v) is 9.42. The van der Waals surface area contributed by atoms with Crippen molar-refractivity contribution in [3.63, 3.8) is 0 Å². The number of hydrogen-bond acceptors (Lipinski definition) is 3. The number of furan rings is 1. The summed E-state index contributed by atoms with van der Waals surface area (Å²) < 4.78 is 5.46. The van der Waals surface area contributed by atoms with E-state index >= 15 is 0 Å². The first kappa shape index (κ1) is 16.7. The van der Waals surface area contributed by atoms with Crippen LogP contribution in [0, 0.1) is 13.8 Å². The number of carbonyl (C=O) groups is 1. The number of rotatable bonds is 5. The Kier molecular flexibility index (Phi) is 4.39. The molecule has 0 saturated heterocycles. The molecule has 26 heavy (non-hydrogen) atoms. The van der Waals surface area contributed by atoms with E-state index in [4.69, 9.17) is 4.42 Å². The van der Waals surface area contributed by atoms with E-state index in [9.17, 15) is 4.79 Å². The average molecular weight is 364 g/mol. The standard InChI is InChI=1S/C21H20N2O2S/c1-14-9-15(2)18-11-20(22-19(18)10-14)21(24)23(12-16-5-3-7-25-16)13-17-6-4-8-26-17/h3-11,22H,12-13H2,1-2H3. The lowest BCUT2D eigenvalue weighted by atomic mass is 10.1. The minimum Gasteiger partial charge on any atom is -0.467 e. The number of aryl methyl sites for hydroxylation is 2. The van der Waals surface area contributed by atoms with Crippen molar-refractivity contribution in [1.82, 2.24) is 9.88 Å². The quantitative estimate of drug-likeness (QED) is 0.524. The van der Waals surface area contributed by atoms with Gasteiger partial charge in [0.15, 0.2) is 0 Å². The van der Waals surface area contributed by atoms with Gasteiger partial charge in [-0.25, -0.2) is 0 Å². The molecule has 0 bridgehead atoms. The molecule has 0 radical (unpaired) electrons. The van der Waals surface area contributed by atoms with Crippen molar-refractivity contribution >= 4 is 28.1 Å². The highest BCUT2D eigenvalue weighted by Crippen LogP contribution is 2.24. The Morgan fingerprint density at radius 2 is 2.04 bits per heavy atom. The van der Waals surface area contributed by atoms with Crippen molar-refractivity contribution < 1.29 is 9.21 Å². The lowest BCUT2D eigenvalue weighted by Crippen LogP contribution is -2.29. The largest absolute Gasteiger partial charge is 0.467 e. The summed E-state index contributed by atoms with van der Waals surface area (Å²) in [6.45, 7) is 5.14. The monoisotopic (exact) mass is 364 g/mol. The van der Waals surface area contributed by atoms with Crippen molar-refractivity contribution in [3.8, 4) is 0 Å². The summed E-state index contributed by atoms with van der Waals surface area (Å²) in [6.07, 6.45) is 1.64. The third kappa shape index (κ3) is 3.30. The average Bonchev–Trinajstić information content (AvgIpc) is 3.35. The number of aromatic nitrogens is 1. The second kappa shape index (κ2) is 6.84. The number of aromatic amines is 1. The van der Waals surface area contributed by atoms with Crippen LogP contribution in [0.1, 0.15) is 32.3 Å². The highest BCUT2D eigenvalue weighted by molar-refractivity contribution is 7.09. The number of amides is 1. The van der Waals surface area contributed by atoms with E-state index in [0.29, 0.717) is 18.8 Å². The van der Waals surface area contributed by atoms with Crippen LogP contribution in [0.5, 0.6) is 0 Å². The molecule has 0 atom stereocenters. The van der Waals surface area contributed by atoms with E-state index in [-0.39, 0.29) is 5.91 Å². The van der Waals surface area contributed by atoms with Crippen LogP contribution < -0.4 is 0 Å². The summed E-state index contributed by atoms with van der Waals surface area (Å²) in [5, 5.41) is 3.12. The molecule has 4 aromatic rings. The molecule has 3 heterocycles. The van der Waals surface area contributed by atoms with Crippen LogP contribution in [-0.2, 0) is 13.1 Å². The summed E-state index contributed by atoms with van der Waals surface area (Å²) in [5.74, 6) is 0.751. The summed E-state index contributed by atoms with van der Waals surface area (Å²) in [7, 11) is 0. The number of carbonyl (C=O) groups excluding carboxylic acids is 1. The normalized spacial score (nSPS) is 11.2. The molecule has 3 aromatic heterocycles. The van der Waals surface area contributed by atoms with Gasteiger partial charge in [-0.05, 0) is 60.7 Å². The van der Waals surface area contributed by atoms with Gasteiger partial charge < -0.3 is 14.3 Å². The maximum atomic E-state index is 13.2. The molecule has 0 saturated carbocycles. The number of benzene rings is 1. The van der Waals surface area contributed by atoms with E-state index in [1.165, 1.54) is 11.1 Å². The Morgan fingerprint density at radius 1 is 1.15 bits per heavy atom. The minimum atomic E-state index is -0.0250. The minimum absolute atomic E-state index is 0.0250. The Morgan fingerprint density at radius 3 is 2.77 bits per heavy atom. The SMILES string of the molecule is Cc1cc(C)c2cc(C(=O)N(Cc3ccco3)Cc3cccs3)[nH]c2c1. The van der Waals surface area contributed by atoms with Crippen molar-refractivity contribution in [2.75, 3.05) is 0 Å². The molecule has 0 aliphatic heterocycles. The van der Waals surface area contributed by atoms with Crippen LogP contribution in [0.2, 0.25) is 0 Å². The van der Waals surface area contributed by atoms with Crippen molar-refractivity contribution in [2.24, 2.45) is 0 Å². The van der Waals surface area contributed by atoms with Gasteiger partial charge in [0, 0.05) is 15.8 Å². The molecule has 0 spiro atoms. The van der Waals surface area contributed by atoms with E-state index in [1.807, 2.05) is 40.6 Å². The molecule has 1 amide bonds. The fraction of sp³-hybridized carbons (Fsp3) is 0.190. The molecule has 5 heteroatoms. The van der Waals surface area contributed by atoms with Crippen molar-refractivity contribution in [1.29, 1.82) is 0 Å². The Hall–Kier alpha value is -2.79. The van der Waals surface area contributed by atoms with Crippen LogP contribution in [0.4, 0.5) is 0 Å².